The van der Waals surface area contributed by atoms with E-state index in [1.54, 1.807) is 0 Å². The smallest absolute Gasteiger partial charge is 0.157 e. The van der Waals surface area contributed by atoms with Crippen LogP contribution in [0, 0.1) is 0 Å². The van der Waals surface area contributed by atoms with Crippen LogP contribution >= 0.6 is 0 Å². The van der Waals surface area contributed by atoms with Gasteiger partial charge in [-0.1, -0.05) is 6.92 Å². The molecule has 13 heavy (non-hydrogen) atoms. The first-order valence-electron chi connectivity index (χ1n) is 5.24. The van der Waals surface area contributed by atoms with E-state index in [2.05, 4.69) is 0 Å². The van der Waals surface area contributed by atoms with Gasteiger partial charge in [-0.05, 0) is 32.1 Å². The van der Waals surface area contributed by atoms with Crippen LogP contribution in [-0.4, -0.2) is 30.7 Å². The highest BCUT2D eigenvalue weighted by atomic mass is 16.7. The van der Waals surface area contributed by atoms with Crippen molar-refractivity contribution in [1.29, 1.82) is 0 Å². The molecule has 1 heterocycles. The summed E-state index contributed by atoms with van der Waals surface area (Å²) in [6.07, 6.45) is 4.63. The molecule has 1 N–H and O–H groups in total. The summed E-state index contributed by atoms with van der Waals surface area (Å²) in [5.74, 6) is 0. The maximum atomic E-state index is 9.27. The molecule has 1 aliphatic heterocycles. The lowest BCUT2D eigenvalue weighted by Gasteiger charge is -2.23. The van der Waals surface area contributed by atoms with Crippen LogP contribution in [0.15, 0.2) is 0 Å². The molecular formula is C10H20O3. The maximum Gasteiger partial charge on any atom is 0.157 e. The molecule has 3 nitrogen and oxygen atoms in total. The molecule has 0 aromatic heterocycles. The Morgan fingerprint density at radius 3 is 3.00 bits per heavy atom. The Bertz CT molecular complexity index is 121. The lowest BCUT2D eigenvalue weighted by molar-refractivity contribution is -0.165. The first-order chi connectivity index (χ1) is 6.33. The molecule has 0 radical (unpaired) electrons. The van der Waals surface area contributed by atoms with Crippen LogP contribution in [0.5, 0.6) is 0 Å². The summed E-state index contributed by atoms with van der Waals surface area (Å²) in [6, 6.07) is 0. The standard InChI is InChI=1S/C10H20O3/c1-2-9(11)6-8-13-10-5-3-4-7-12-10/h9-11H,2-8H2,1H3. The Morgan fingerprint density at radius 1 is 1.54 bits per heavy atom. The highest BCUT2D eigenvalue weighted by molar-refractivity contribution is 4.56. The van der Waals surface area contributed by atoms with Crippen LogP contribution in [0.4, 0.5) is 0 Å². The van der Waals surface area contributed by atoms with E-state index in [0.717, 1.165) is 32.3 Å². The number of hydrogen-bond acceptors (Lipinski definition) is 3. The molecule has 1 rings (SSSR count). The first kappa shape index (κ1) is 11.0. The van der Waals surface area contributed by atoms with Gasteiger partial charge in [0.25, 0.3) is 0 Å². The van der Waals surface area contributed by atoms with Gasteiger partial charge in [0, 0.05) is 6.61 Å². The Balaban J connectivity index is 1.98. The van der Waals surface area contributed by atoms with Crippen LogP contribution in [0.1, 0.15) is 39.0 Å². The van der Waals surface area contributed by atoms with Crippen LogP contribution in [-0.2, 0) is 9.47 Å². The number of aliphatic hydroxyl groups excluding tert-OH is 1. The molecular weight excluding hydrogens is 168 g/mol. The second-order valence-corrected chi connectivity index (χ2v) is 3.52. The average molecular weight is 188 g/mol. The van der Waals surface area contributed by atoms with Gasteiger partial charge in [-0.3, -0.25) is 0 Å². The first-order valence-corrected chi connectivity index (χ1v) is 5.24. The highest BCUT2D eigenvalue weighted by Gasteiger charge is 2.13. The Labute approximate surface area is 80.0 Å². The molecule has 0 aliphatic carbocycles. The van der Waals surface area contributed by atoms with Crippen molar-refractivity contribution in [2.45, 2.75) is 51.4 Å². The lowest BCUT2D eigenvalue weighted by atomic mass is 10.2. The van der Waals surface area contributed by atoms with Crippen molar-refractivity contribution >= 4 is 0 Å². The molecule has 2 unspecified atom stereocenters. The fourth-order valence-corrected chi connectivity index (χ4v) is 1.38. The van der Waals surface area contributed by atoms with E-state index in [4.69, 9.17) is 9.47 Å². The molecule has 1 fully saturated rings. The highest BCUT2D eigenvalue weighted by Crippen LogP contribution is 2.14. The zero-order valence-corrected chi connectivity index (χ0v) is 8.37. The molecule has 78 valence electrons. The summed E-state index contributed by atoms with van der Waals surface area (Å²) in [6.45, 7) is 3.41. The van der Waals surface area contributed by atoms with Crippen LogP contribution in [0.3, 0.4) is 0 Å². The summed E-state index contributed by atoms with van der Waals surface area (Å²) < 4.78 is 10.9. The monoisotopic (exact) mass is 188 g/mol. The normalized spacial score (nSPS) is 25.8. The SMILES string of the molecule is CCC(O)CCOC1CCCCO1. The van der Waals surface area contributed by atoms with Gasteiger partial charge in [0.15, 0.2) is 6.29 Å². The molecule has 0 aromatic rings. The van der Waals surface area contributed by atoms with Crippen molar-refractivity contribution in [2.75, 3.05) is 13.2 Å². The van der Waals surface area contributed by atoms with E-state index >= 15 is 0 Å². The van der Waals surface area contributed by atoms with E-state index < -0.39 is 0 Å². The second kappa shape index (κ2) is 6.35. The third-order valence-corrected chi connectivity index (χ3v) is 2.36. The summed E-state index contributed by atoms with van der Waals surface area (Å²) >= 11 is 0. The van der Waals surface area contributed by atoms with Gasteiger partial charge in [-0.2, -0.15) is 0 Å². The Morgan fingerprint density at radius 2 is 2.38 bits per heavy atom. The molecule has 0 bridgehead atoms. The Hall–Kier alpha value is -0.120. The van der Waals surface area contributed by atoms with Gasteiger partial charge < -0.3 is 14.6 Å². The topological polar surface area (TPSA) is 38.7 Å². The molecule has 0 saturated carbocycles. The van der Waals surface area contributed by atoms with Crippen molar-refractivity contribution < 1.29 is 14.6 Å². The van der Waals surface area contributed by atoms with Crippen molar-refractivity contribution in [3.05, 3.63) is 0 Å². The van der Waals surface area contributed by atoms with E-state index in [9.17, 15) is 5.11 Å². The predicted molar refractivity (Wildman–Crippen MR) is 50.5 cm³/mol. The van der Waals surface area contributed by atoms with E-state index in [-0.39, 0.29) is 12.4 Å². The van der Waals surface area contributed by atoms with Crippen molar-refractivity contribution in [1.82, 2.24) is 0 Å². The molecule has 0 aromatic carbocycles. The average Bonchev–Trinajstić information content (AvgIpc) is 2.19. The van der Waals surface area contributed by atoms with Crippen molar-refractivity contribution in [2.24, 2.45) is 0 Å². The van der Waals surface area contributed by atoms with Gasteiger partial charge in [0.1, 0.15) is 0 Å². The lowest BCUT2D eigenvalue weighted by Crippen LogP contribution is -2.23. The minimum absolute atomic E-state index is 0.0159. The Kier molecular flexibility index (Phi) is 5.35. The van der Waals surface area contributed by atoms with Gasteiger partial charge in [-0.25, -0.2) is 0 Å². The van der Waals surface area contributed by atoms with E-state index in [1.807, 2.05) is 6.92 Å². The van der Waals surface area contributed by atoms with Gasteiger partial charge in [-0.15, -0.1) is 0 Å². The number of rotatable bonds is 5. The molecule has 1 saturated heterocycles. The predicted octanol–water partition coefficient (Wildman–Crippen LogP) is 1.69. The fraction of sp³-hybridized carbons (Fsp3) is 1.00. The van der Waals surface area contributed by atoms with E-state index in [0.29, 0.717) is 6.61 Å². The minimum atomic E-state index is -0.219. The summed E-state index contributed by atoms with van der Waals surface area (Å²) in [4.78, 5) is 0. The number of hydrogen-bond donors (Lipinski definition) is 1. The van der Waals surface area contributed by atoms with Crippen molar-refractivity contribution in [3.8, 4) is 0 Å². The minimum Gasteiger partial charge on any atom is -0.393 e. The molecule has 0 spiro atoms. The quantitative estimate of drug-likeness (QED) is 0.713. The van der Waals surface area contributed by atoms with Gasteiger partial charge in [0.2, 0.25) is 0 Å². The second-order valence-electron chi connectivity index (χ2n) is 3.52. The number of ether oxygens (including phenoxy) is 2. The zero-order valence-electron chi connectivity index (χ0n) is 8.37. The maximum absolute atomic E-state index is 9.27. The number of aliphatic hydroxyl groups is 1. The van der Waals surface area contributed by atoms with Crippen LogP contribution < -0.4 is 0 Å². The summed E-state index contributed by atoms with van der Waals surface area (Å²) in [5.41, 5.74) is 0. The van der Waals surface area contributed by atoms with Gasteiger partial charge >= 0.3 is 0 Å². The molecule has 1 aliphatic rings. The molecule has 2 atom stereocenters. The molecule has 3 heteroatoms. The van der Waals surface area contributed by atoms with Crippen LogP contribution in [0.25, 0.3) is 0 Å². The zero-order chi connectivity index (χ0) is 9.52. The fourth-order valence-electron chi connectivity index (χ4n) is 1.38. The largest absolute Gasteiger partial charge is 0.393 e. The van der Waals surface area contributed by atoms with Gasteiger partial charge in [0.05, 0.1) is 12.7 Å². The molecule has 0 amide bonds. The summed E-state index contributed by atoms with van der Waals surface area (Å²) in [7, 11) is 0. The third-order valence-electron chi connectivity index (χ3n) is 2.36. The summed E-state index contributed by atoms with van der Waals surface area (Å²) in [5, 5.41) is 9.27. The van der Waals surface area contributed by atoms with Crippen LogP contribution in [0.2, 0.25) is 0 Å². The van der Waals surface area contributed by atoms with Crippen molar-refractivity contribution in [3.63, 3.8) is 0 Å². The van der Waals surface area contributed by atoms with E-state index in [1.165, 1.54) is 6.42 Å². The third kappa shape index (κ3) is 4.60.